The average molecular weight is 367 g/mol. The van der Waals surface area contributed by atoms with Gasteiger partial charge in [-0.2, -0.15) is 0 Å². The molecule has 0 aromatic heterocycles. The zero-order chi connectivity index (χ0) is 20.3. The van der Waals surface area contributed by atoms with Gasteiger partial charge < -0.3 is 9.84 Å². The molecule has 0 saturated carbocycles. The van der Waals surface area contributed by atoms with Gasteiger partial charge in [0.2, 0.25) is 0 Å². The third kappa shape index (κ3) is 3.36. The molecule has 1 aliphatic heterocycles. The normalized spacial score (nSPS) is 17.0. The van der Waals surface area contributed by atoms with Gasteiger partial charge in [0.1, 0.15) is 17.4 Å². The molecule has 0 radical (unpaired) electrons. The van der Waals surface area contributed by atoms with Crippen molar-refractivity contribution in [1.82, 2.24) is 0 Å². The van der Waals surface area contributed by atoms with Gasteiger partial charge in [0.15, 0.2) is 0 Å². The summed E-state index contributed by atoms with van der Waals surface area (Å²) in [6.45, 7) is 16.7. The Labute approximate surface area is 162 Å². The molecule has 2 aromatic rings. The molecule has 0 amide bonds. The Morgan fingerprint density at radius 2 is 1.44 bits per heavy atom. The summed E-state index contributed by atoms with van der Waals surface area (Å²) in [5.41, 5.74) is 5.44. The summed E-state index contributed by atoms with van der Waals surface area (Å²) in [6.07, 6.45) is 0. The minimum absolute atomic E-state index is 0.0357. The topological polar surface area (TPSA) is 46.5 Å². The van der Waals surface area contributed by atoms with E-state index in [9.17, 15) is 9.90 Å². The van der Waals surface area contributed by atoms with Gasteiger partial charge in [-0.15, -0.1) is 0 Å². The van der Waals surface area contributed by atoms with Crippen LogP contribution >= 0.6 is 0 Å². The van der Waals surface area contributed by atoms with Crippen LogP contribution < -0.4 is 4.74 Å². The fourth-order valence-electron chi connectivity index (χ4n) is 3.73. The first kappa shape index (κ1) is 19.5. The van der Waals surface area contributed by atoms with Crippen molar-refractivity contribution >= 4 is 5.97 Å². The predicted octanol–water partition coefficient (Wildman–Crippen LogP) is 5.65. The molecule has 1 atom stereocenters. The first-order valence-electron chi connectivity index (χ1n) is 9.51. The van der Waals surface area contributed by atoms with E-state index in [1.165, 1.54) is 5.56 Å². The number of carbonyl (C=O) groups is 1. The van der Waals surface area contributed by atoms with E-state index in [1.807, 2.05) is 26.0 Å². The zero-order valence-electron chi connectivity index (χ0n) is 17.7. The van der Waals surface area contributed by atoms with Crippen LogP contribution in [0.2, 0.25) is 0 Å². The lowest BCUT2D eigenvalue weighted by Crippen LogP contribution is -2.17. The highest BCUT2D eigenvalue weighted by atomic mass is 16.5. The number of phenolic OH excluding ortho intramolecular Hbond substituents is 1. The van der Waals surface area contributed by atoms with Crippen LogP contribution in [0.3, 0.4) is 0 Å². The Hall–Kier alpha value is -2.29. The van der Waals surface area contributed by atoms with E-state index in [0.29, 0.717) is 5.75 Å². The molecule has 3 rings (SSSR count). The molecule has 1 aliphatic rings. The highest BCUT2D eigenvalue weighted by Crippen LogP contribution is 2.47. The molecule has 0 saturated heterocycles. The summed E-state index contributed by atoms with van der Waals surface area (Å²) in [5.74, 6) is 0.283. The Balaban J connectivity index is 2.28. The number of benzene rings is 2. The lowest BCUT2D eigenvalue weighted by atomic mass is 9.77. The molecular weight excluding hydrogens is 336 g/mol. The van der Waals surface area contributed by atoms with Gasteiger partial charge in [0.05, 0.1) is 0 Å². The van der Waals surface area contributed by atoms with Crippen LogP contribution in [0.1, 0.15) is 80.8 Å². The van der Waals surface area contributed by atoms with E-state index in [1.54, 1.807) is 0 Å². The molecule has 3 nitrogen and oxygen atoms in total. The van der Waals surface area contributed by atoms with Gasteiger partial charge in [-0.1, -0.05) is 65.8 Å². The van der Waals surface area contributed by atoms with Crippen LogP contribution in [0, 0.1) is 13.8 Å². The second-order valence-corrected chi connectivity index (χ2v) is 9.80. The van der Waals surface area contributed by atoms with Crippen LogP contribution in [-0.2, 0) is 15.6 Å². The highest BCUT2D eigenvalue weighted by Gasteiger charge is 2.39. The van der Waals surface area contributed by atoms with Crippen LogP contribution in [0.25, 0.3) is 0 Å². The van der Waals surface area contributed by atoms with Crippen molar-refractivity contribution < 1.29 is 14.6 Å². The zero-order valence-corrected chi connectivity index (χ0v) is 17.7. The molecule has 27 heavy (non-hydrogen) atoms. The number of rotatable bonds is 1. The van der Waals surface area contributed by atoms with Crippen molar-refractivity contribution in [2.75, 3.05) is 0 Å². The fourth-order valence-corrected chi connectivity index (χ4v) is 3.73. The molecule has 0 spiro atoms. The second-order valence-electron chi connectivity index (χ2n) is 9.80. The number of carbonyl (C=O) groups excluding carboxylic acids is 1. The van der Waals surface area contributed by atoms with Gasteiger partial charge >= 0.3 is 5.97 Å². The van der Waals surface area contributed by atoms with Crippen molar-refractivity contribution in [2.24, 2.45) is 0 Å². The van der Waals surface area contributed by atoms with Gasteiger partial charge in [0.25, 0.3) is 0 Å². The van der Waals surface area contributed by atoms with Crippen molar-refractivity contribution in [2.45, 2.75) is 72.1 Å². The Bertz CT molecular complexity index is 901. The van der Waals surface area contributed by atoms with Crippen LogP contribution in [-0.4, -0.2) is 11.1 Å². The third-order valence-electron chi connectivity index (χ3n) is 5.39. The summed E-state index contributed by atoms with van der Waals surface area (Å²) in [5, 5.41) is 10.1. The second kappa shape index (κ2) is 6.12. The van der Waals surface area contributed by atoms with Gasteiger partial charge in [-0.3, -0.25) is 4.79 Å². The molecule has 0 bridgehead atoms. The van der Waals surface area contributed by atoms with Crippen LogP contribution in [0.15, 0.2) is 24.3 Å². The van der Waals surface area contributed by atoms with E-state index in [4.69, 9.17) is 4.74 Å². The number of aromatic hydroxyl groups is 1. The monoisotopic (exact) mass is 366 g/mol. The summed E-state index contributed by atoms with van der Waals surface area (Å²) in [7, 11) is 0. The Morgan fingerprint density at radius 1 is 0.889 bits per heavy atom. The maximum atomic E-state index is 12.9. The highest BCUT2D eigenvalue weighted by molar-refractivity contribution is 5.90. The number of aryl methyl sites for hydroxylation is 2. The summed E-state index contributed by atoms with van der Waals surface area (Å²) < 4.78 is 5.81. The lowest BCUT2D eigenvalue weighted by molar-refractivity contribution is -0.133. The van der Waals surface area contributed by atoms with Crippen molar-refractivity contribution in [3.05, 3.63) is 57.6 Å². The lowest BCUT2D eigenvalue weighted by Gasteiger charge is -2.27. The van der Waals surface area contributed by atoms with Crippen molar-refractivity contribution in [3.8, 4) is 11.5 Å². The Morgan fingerprint density at radius 3 is 1.93 bits per heavy atom. The molecule has 1 N–H and O–H groups in total. The molecule has 1 unspecified atom stereocenters. The smallest absolute Gasteiger partial charge is 0.323 e. The molecule has 1 heterocycles. The maximum absolute atomic E-state index is 12.9. The van der Waals surface area contributed by atoms with Gasteiger partial charge in [-0.05, 0) is 46.9 Å². The number of ether oxygens (including phenoxy) is 1. The van der Waals surface area contributed by atoms with Gasteiger partial charge in [0, 0.05) is 11.1 Å². The molecular formula is C24H30O3. The van der Waals surface area contributed by atoms with E-state index < -0.39 is 5.92 Å². The molecule has 0 aliphatic carbocycles. The third-order valence-corrected chi connectivity index (χ3v) is 5.39. The van der Waals surface area contributed by atoms with E-state index >= 15 is 0 Å². The summed E-state index contributed by atoms with van der Waals surface area (Å²) in [6, 6.07) is 8.09. The largest absolute Gasteiger partial charge is 0.507 e. The Kier molecular flexibility index (Phi) is 4.41. The minimum Gasteiger partial charge on any atom is -0.507 e. The van der Waals surface area contributed by atoms with Gasteiger partial charge in [-0.25, -0.2) is 0 Å². The number of hydrogen-bond acceptors (Lipinski definition) is 3. The number of esters is 1. The molecule has 144 valence electrons. The summed E-state index contributed by atoms with van der Waals surface area (Å²) in [4.78, 5) is 12.9. The summed E-state index contributed by atoms with van der Waals surface area (Å²) >= 11 is 0. The molecule has 3 heteroatoms. The van der Waals surface area contributed by atoms with Crippen molar-refractivity contribution in [3.63, 3.8) is 0 Å². The van der Waals surface area contributed by atoms with Crippen LogP contribution in [0.5, 0.6) is 11.5 Å². The number of fused-ring (bicyclic) bond motifs is 1. The first-order valence-corrected chi connectivity index (χ1v) is 9.51. The first-order chi connectivity index (χ1) is 12.3. The minimum atomic E-state index is -0.457. The molecule has 2 aromatic carbocycles. The maximum Gasteiger partial charge on any atom is 0.323 e. The van der Waals surface area contributed by atoms with Crippen molar-refractivity contribution in [1.29, 1.82) is 0 Å². The standard InChI is InChI=1S/C24H30O3/c1-13-9-15(10-14(2)20(13)25)19-17-11-16(23(3,4)5)12-18(24(6,7)8)21(17)27-22(19)26/h9-12,19,25H,1-8H3. The quantitative estimate of drug-likeness (QED) is 0.523. The predicted molar refractivity (Wildman–Crippen MR) is 109 cm³/mol. The van der Waals surface area contributed by atoms with E-state index in [2.05, 4.69) is 53.7 Å². The fraction of sp³-hybridized carbons (Fsp3) is 0.458. The van der Waals surface area contributed by atoms with Crippen LogP contribution in [0.4, 0.5) is 0 Å². The number of phenols is 1. The average Bonchev–Trinajstić information content (AvgIpc) is 2.85. The van der Waals surface area contributed by atoms with E-state index in [0.717, 1.165) is 27.8 Å². The number of hydrogen-bond donors (Lipinski definition) is 1. The van der Waals surface area contributed by atoms with E-state index in [-0.39, 0.29) is 22.5 Å². The molecule has 0 fully saturated rings. The SMILES string of the molecule is Cc1cc(C2C(=O)Oc3c2cc(C(C)(C)C)cc3C(C)(C)C)cc(C)c1O.